The summed E-state index contributed by atoms with van der Waals surface area (Å²) in [5, 5.41) is 18.2. The number of hydrazone groups is 1. The minimum Gasteiger partial charge on any atom is -0.331 e. The number of pyridine rings is 1. The first kappa shape index (κ1) is 17.5. The lowest BCUT2D eigenvalue weighted by Gasteiger charge is -2.22. The fourth-order valence-electron chi connectivity index (χ4n) is 2.40. The topological polar surface area (TPSA) is 81.4 Å². The number of amides is 2. The van der Waals surface area contributed by atoms with E-state index < -0.39 is 5.92 Å². The van der Waals surface area contributed by atoms with Gasteiger partial charge in [0.1, 0.15) is 11.1 Å². The predicted octanol–water partition coefficient (Wildman–Crippen LogP) is 4.21. The second kappa shape index (κ2) is 7.28. The Morgan fingerprint density at radius 2 is 1.96 bits per heavy atom. The summed E-state index contributed by atoms with van der Waals surface area (Å²) in [7, 11) is 0. The highest BCUT2D eigenvalue weighted by Gasteiger charge is 2.24. The Labute approximate surface area is 158 Å². The molecule has 1 aliphatic heterocycles. The van der Waals surface area contributed by atoms with Crippen molar-refractivity contribution in [2.24, 2.45) is 5.10 Å². The van der Waals surface area contributed by atoms with Crippen LogP contribution in [0.1, 0.15) is 17.0 Å². The van der Waals surface area contributed by atoms with Crippen molar-refractivity contribution < 1.29 is 4.79 Å². The molecule has 25 heavy (non-hydrogen) atoms. The average Bonchev–Trinajstić information content (AvgIpc) is 2.59. The molecule has 2 aromatic rings. The van der Waals surface area contributed by atoms with Crippen molar-refractivity contribution >= 4 is 52.7 Å². The molecule has 1 atom stereocenters. The number of carbonyl (C=O) groups is 1. The lowest BCUT2D eigenvalue weighted by atomic mass is 9.93. The van der Waals surface area contributed by atoms with E-state index in [0.29, 0.717) is 28.5 Å². The highest BCUT2D eigenvalue weighted by molar-refractivity contribution is 6.36. The first-order valence-corrected chi connectivity index (χ1v) is 8.25. The van der Waals surface area contributed by atoms with Crippen LogP contribution in [0.15, 0.2) is 35.6 Å². The van der Waals surface area contributed by atoms with Gasteiger partial charge in [-0.2, -0.15) is 15.4 Å². The van der Waals surface area contributed by atoms with E-state index in [2.05, 4.69) is 21.5 Å². The first-order valence-electron chi connectivity index (χ1n) is 7.11. The molecular weight excluding hydrogens is 385 g/mol. The number of nitrogens with zero attached hydrogens (tertiary/aromatic N) is 4. The van der Waals surface area contributed by atoms with E-state index in [0.717, 1.165) is 5.01 Å². The summed E-state index contributed by atoms with van der Waals surface area (Å²) in [6.45, 7) is 0.356. The van der Waals surface area contributed by atoms with Crippen molar-refractivity contribution in [2.75, 3.05) is 11.6 Å². The Hall–Kier alpha value is -2.33. The Balaban J connectivity index is 2.04. The zero-order valence-electron chi connectivity index (χ0n) is 12.6. The maximum Gasteiger partial charge on any atom is 0.342 e. The van der Waals surface area contributed by atoms with Crippen LogP contribution in [-0.4, -0.2) is 23.8 Å². The maximum atomic E-state index is 11.9. The zero-order chi connectivity index (χ0) is 18.0. The summed E-state index contributed by atoms with van der Waals surface area (Å²) < 4.78 is 0. The third kappa shape index (κ3) is 3.54. The molecule has 1 N–H and O–H groups in total. The van der Waals surface area contributed by atoms with Crippen LogP contribution in [0.3, 0.4) is 0 Å². The van der Waals surface area contributed by atoms with Crippen LogP contribution in [0.4, 0.5) is 10.5 Å². The normalized spacial score (nSPS) is 14.8. The van der Waals surface area contributed by atoms with Gasteiger partial charge in [-0.15, -0.1) is 0 Å². The molecule has 1 aromatic heterocycles. The van der Waals surface area contributed by atoms with Gasteiger partial charge in [0.05, 0.1) is 18.3 Å². The van der Waals surface area contributed by atoms with Gasteiger partial charge in [0, 0.05) is 28.0 Å². The van der Waals surface area contributed by atoms with Gasteiger partial charge in [-0.25, -0.2) is 9.78 Å². The fourth-order valence-corrected chi connectivity index (χ4v) is 3.20. The molecule has 2 heterocycles. The van der Waals surface area contributed by atoms with Crippen molar-refractivity contribution in [3.8, 4) is 6.07 Å². The fraction of sp³-hybridized carbons (Fsp3) is 0.125. The van der Waals surface area contributed by atoms with E-state index in [1.807, 2.05) is 0 Å². The molecule has 0 spiro atoms. The lowest BCUT2D eigenvalue weighted by Crippen LogP contribution is -2.41. The molecular formula is C16H10Cl3N5O. The van der Waals surface area contributed by atoms with Crippen molar-refractivity contribution in [3.63, 3.8) is 0 Å². The van der Waals surface area contributed by atoms with Crippen LogP contribution < -0.4 is 10.3 Å². The number of nitrogens with one attached hydrogen (secondary N) is 1. The van der Waals surface area contributed by atoms with E-state index in [9.17, 15) is 10.1 Å². The summed E-state index contributed by atoms with van der Waals surface area (Å²) in [6.07, 6.45) is 3.05. The second-order valence-corrected chi connectivity index (χ2v) is 6.30. The van der Waals surface area contributed by atoms with Gasteiger partial charge in [-0.05, 0) is 23.8 Å². The molecule has 9 heteroatoms. The summed E-state index contributed by atoms with van der Waals surface area (Å²) in [5.74, 6) is -0.725. The number of rotatable bonds is 3. The summed E-state index contributed by atoms with van der Waals surface area (Å²) in [5.41, 5.74) is 1.44. The van der Waals surface area contributed by atoms with Crippen molar-refractivity contribution in [3.05, 3.63) is 56.8 Å². The minimum atomic E-state index is -0.725. The molecule has 1 aromatic carbocycles. The first-order chi connectivity index (χ1) is 12.0. The molecule has 6 nitrogen and oxygen atoms in total. The highest BCUT2D eigenvalue weighted by Crippen LogP contribution is 2.38. The molecule has 0 saturated heterocycles. The quantitative estimate of drug-likeness (QED) is 0.792. The third-order valence-electron chi connectivity index (χ3n) is 3.54. The smallest absolute Gasteiger partial charge is 0.331 e. The minimum absolute atomic E-state index is 0.248. The monoisotopic (exact) mass is 393 g/mol. The SMILES string of the molecule is N#CC(c1ccc(Cl)nc1)c1c(Cl)cc(N2N=CCNC2=O)cc1Cl. The van der Waals surface area contributed by atoms with E-state index >= 15 is 0 Å². The van der Waals surface area contributed by atoms with Crippen LogP contribution >= 0.6 is 34.8 Å². The van der Waals surface area contributed by atoms with Gasteiger partial charge in [-0.3, -0.25) is 0 Å². The van der Waals surface area contributed by atoms with E-state index in [-0.39, 0.29) is 16.1 Å². The number of urea groups is 1. The largest absolute Gasteiger partial charge is 0.342 e. The van der Waals surface area contributed by atoms with Gasteiger partial charge in [-0.1, -0.05) is 40.9 Å². The zero-order valence-corrected chi connectivity index (χ0v) is 14.8. The second-order valence-electron chi connectivity index (χ2n) is 5.10. The molecule has 0 aliphatic carbocycles. The Kier molecular flexibility index (Phi) is 5.09. The Bertz CT molecular complexity index is 869. The van der Waals surface area contributed by atoms with E-state index in [1.165, 1.54) is 6.20 Å². The Morgan fingerprint density at radius 3 is 2.52 bits per heavy atom. The van der Waals surface area contributed by atoms with Gasteiger partial charge in [0.2, 0.25) is 0 Å². The summed E-state index contributed by atoms with van der Waals surface area (Å²) in [4.78, 5) is 15.9. The number of aromatic nitrogens is 1. The van der Waals surface area contributed by atoms with Crippen LogP contribution in [0.2, 0.25) is 15.2 Å². The molecule has 3 rings (SSSR count). The number of benzene rings is 1. The van der Waals surface area contributed by atoms with E-state index in [1.54, 1.807) is 30.5 Å². The average molecular weight is 395 g/mol. The van der Waals surface area contributed by atoms with E-state index in [4.69, 9.17) is 34.8 Å². The molecule has 0 fully saturated rings. The molecule has 2 amide bonds. The molecule has 126 valence electrons. The van der Waals surface area contributed by atoms with Crippen molar-refractivity contribution in [1.29, 1.82) is 5.26 Å². The summed E-state index contributed by atoms with van der Waals surface area (Å²) in [6, 6.07) is 8.14. The van der Waals surface area contributed by atoms with Gasteiger partial charge in [0.15, 0.2) is 0 Å². The molecule has 0 radical (unpaired) electrons. The third-order valence-corrected chi connectivity index (χ3v) is 4.39. The number of halogens is 3. The van der Waals surface area contributed by atoms with Crippen molar-refractivity contribution in [2.45, 2.75) is 5.92 Å². The standard InChI is InChI=1S/C16H10Cl3N5O/c17-12-5-10(24-16(25)21-3-4-23-24)6-13(18)15(12)11(7-20)9-1-2-14(19)22-8-9/h1-2,4-6,8,11H,3H2,(H,21,25). The van der Waals surface area contributed by atoms with Gasteiger partial charge in [0.25, 0.3) is 0 Å². The van der Waals surface area contributed by atoms with Crippen molar-refractivity contribution in [1.82, 2.24) is 10.3 Å². The number of anilines is 1. The molecule has 1 unspecified atom stereocenters. The predicted molar refractivity (Wildman–Crippen MR) is 97.5 cm³/mol. The van der Waals surface area contributed by atoms with Gasteiger partial charge < -0.3 is 5.32 Å². The Morgan fingerprint density at radius 1 is 1.24 bits per heavy atom. The van der Waals surface area contributed by atoms with Crippen LogP contribution in [0.5, 0.6) is 0 Å². The van der Waals surface area contributed by atoms with Crippen LogP contribution in [-0.2, 0) is 0 Å². The lowest BCUT2D eigenvalue weighted by molar-refractivity contribution is 0.247. The molecule has 1 aliphatic rings. The van der Waals surface area contributed by atoms with Crippen LogP contribution in [0, 0.1) is 11.3 Å². The molecule has 0 bridgehead atoms. The highest BCUT2D eigenvalue weighted by atomic mass is 35.5. The van der Waals surface area contributed by atoms with Gasteiger partial charge >= 0.3 is 6.03 Å². The number of nitriles is 1. The van der Waals surface area contributed by atoms with Crippen LogP contribution in [0.25, 0.3) is 0 Å². The number of carbonyl (C=O) groups excluding carboxylic acids is 1. The molecule has 0 saturated carbocycles. The number of hydrogen-bond acceptors (Lipinski definition) is 4. The maximum absolute atomic E-state index is 11.9. The summed E-state index contributed by atoms with van der Waals surface area (Å²) >= 11 is 18.5. The number of hydrogen-bond donors (Lipinski definition) is 1.